The van der Waals surface area contributed by atoms with E-state index < -0.39 is 6.10 Å². The Morgan fingerprint density at radius 2 is 2.00 bits per heavy atom. The molecule has 0 bridgehead atoms. The van der Waals surface area contributed by atoms with Crippen LogP contribution in [0.4, 0.5) is 0 Å². The van der Waals surface area contributed by atoms with E-state index in [0.29, 0.717) is 12.5 Å². The molecule has 0 aromatic heterocycles. The first-order chi connectivity index (χ1) is 12.2. The molecule has 1 saturated carbocycles. The van der Waals surface area contributed by atoms with Gasteiger partial charge in [-0.25, -0.2) is 0 Å². The monoisotopic (exact) mass is 347 g/mol. The van der Waals surface area contributed by atoms with Crippen LogP contribution in [0.2, 0.25) is 0 Å². The standard InChI is InChI=1S/C19H29N3O3/c23-15(13-25-16-9-5-2-6-10-16)11-20-19(24)17-12-21-22-18(17)14-7-3-1-4-8-14/h2,5-6,9-10,14-15,17-18,21-23H,1,3-4,7-8,11-13H2,(H,20,24). The summed E-state index contributed by atoms with van der Waals surface area (Å²) in [4.78, 5) is 12.5. The van der Waals surface area contributed by atoms with Crippen molar-refractivity contribution in [1.29, 1.82) is 0 Å². The topological polar surface area (TPSA) is 82.6 Å². The molecule has 0 radical (unpaired) electrons. The summed E-state index contributed by atoms with van der Waals surface area (Å²) in [6.07, 6.45) is 5.48. The van der Waals surface area contributed by atoms with Gasteiger partial charge in [-0.05, 0) is 30.9 Å². The van der Waals surface area contributed by atoms with Gasteiger partial charge in [0.25, 0.3) is 0 Å². The SMILES string of the molecule is O=C(NCC(O)COc1ccccc1)C1CNNC1C1CCCCC1. The number of nitrogens with one attached hydrogen (secondary N) is 3. The van der Waals surface area contributed by atoms with Crippen molar-refractivity contribution in [3.05, 3.63) is 30.3 Å². The van der Waals surface area contributed by atoms with Crippen LogP contribution in [0.5, 0.6) is 5.75 Å². The summed E-state index contributed by atoms with van der Waals surface area (Å²) in [6, 6.07) is 9.56. The molecule has 1 amide bonds. The fourth-order valence-electron chi connectivity index (χ4n) is 3.83. The van der Waals surface area contributed by atoms with Gasteiger partial charge in [0.05, 0.1) is 5.92 Å². The first-order valence-corrected chi connectivity index (χ1v) is 9.36. The third-order valence-electron chi connectivity index (χ3n) is 5.22. The van der Waals surface area contributed by atoms with Gasteiger partial charge in [0, 0.05) is 19.1 Å². The summed E-state index contributed by atoms with van der Waals surface area (Å²) in [7, 11) is 0. The zero-order valence-corrected chi connectivity index (χ0v) is 14.6. The molecule has 6 heteroatoms. The molecular formula is C19H29N3O3. The molecule has 4 N–H and O–H groups in total. The lowest BCUT2D eigenvalue weighted by Crippen LogP contribution is -2.46. The van der Waals surface area contributed by atoms with E-state index in [9.17, 15) is 9.90 Å². The number of para-hydroxylation sites is 1. The Labute approximate surface area is 149 Å². The lowest BCUT2D eigenvalue weighted by molar-refractivity contribution is -0.125. The van der Waals surface area contributed by atoms with E-state index >= 15 is 0 Å². The maximum atomic E-state index is 12.5. The number of hydrogen-bond donors (Lipinski definition) is 4. The second kappa shape index (κ2) is 9.17. The molecule has 1 aromatic carbocycles. The van der Waals surface area contributed by atoms with Crippen molar-refractivity contribution in [2.45, 2.75) is 44.2 Å². The third kappa shape index (κ3) is 5.17. The van der Waals surface area contributed by atoms with Crippen LogP contribution in [-0.2, 0) is 4.79 Å². The Hall–Kier alpha value is -1.63. The predicted octanol–water partition coefficient (Wildman–Crippen LogP) is 1.22. The Morgan fingerprint density at radius 3 is 2.76 bits per heavy atom. The maximum Gasteiger partial charge on any atom is 0.226 e. The van der Waals surface area contributed by atoms with Gasteiger partial charge in [-0.3, -0.25) is 15.6 Å². The van der Waals surface area contributed by atoms with Gasteiger partial charge in [0.2, 0.25) is 5.91 Å². The molecule has 1 aliphatic heterocycles. The molecule has 2 aliphatic rings. The molecule has 1 aromatic rings. The van der Waals surface area contributed by atoms with Gasteiger partial charge in [-0.1, -0.05) is 37.5 Å². The fraction of sp³-hybridized carbons (Fsp3) is 0.632. The molecule has 1 heterocycles. The number of hydrogen-bond acceptors (Lipinski definition) is 5. The maximum absolute atomic E-state index is 12.5. The second-order valence-electron chi connectivity index (χ2n) is 7.08. The van der Waals surface area contributed by atoms with Crippen LogP contribution < -0.4 is 20.9 Å². The number of aliphatic hydroxyl groups excluding tert-OH is 1. The van der Waals surface area contributed by atoms with E-state index in [2.05, 4.69) is 16.2 Å². The first kappa shape index (κ1) is 18.2. The van der Waals surface area contributed by atoms with E-state index in [1.807, 2.05) is 30.3 Å². The van der Waals surface area contributed by atoms with Gasteiger partial charge in [-0.15, -0.1) is 0 Å². The van der Waals surface area contributed by atoms with Crippen molar-refractivity contribution in [3.8, 4) is 5.75 Å². The highest BCUT2D eigenvalue weighted by atomic mass is 16.5. The normalized spacial score (nSPS) is 25.5. The Bertz CT molecular complexity index is 534. The summed E-state index contributed by atoms with van der Waals surface area (Å²) in [5.41, 5.74) is 6.43. The van der Waals surface area contributed by atoms with E-state index in [-0.39, 0.29) is 31.0 Å². The first-order valence-electron chi connectivity index (χ1n) is 9.36. The molecular weight excluding hydrogens is 318 g/mol. The van der Waals surface area contributed by atoms with E-state index in [0.717, 1.165) is 5.75 Å². The van der Waals surface area contributed by atoms with Crippen LogP contribution >= 0.6 is 0 Å². The largest absolute Gasteiger partial charge is 0.491 e. The summed E-state index contributed by atoms with van der Waals surface area (Å²) in [6.45, 7) is 1.01. The number of carbonyl (C=O) groups is 1. The van der Waals surface area contributed by atoms with Gasteiger partial charge in [0.1, 0.15) is 18.5 Å². The molecule has 2 fully saturated rings. The zero-order chi connectivity index (χ0) is 17.5. The summed E-state index contributed by atoms with van der Waals surface area (Å²) in [5, 5.41) is 12.9. The zero-order valence-electron chi connectivity index (χ0n) is 14.6. The minimum Gasteiger partial charge on any atom is -0.491 e. The molecule has 0 spiro atoms. The summed E-state index contributed by atoms with van der Waals surface area (Å²) < 4.78 is 5.52. The highest BCUT2D eigenvalue weighted by Crippen LogP contribution is 2.30. The van der Waals surface area contributed by atoms with Crippen molar-refractivity contribution in [3.63, 3.8) is 0 Å². The number of ether oxygens (including phenoxy) is 1. The van der Waals surface area contributed by atoms with Crippen LogP contribution in [0.1, 0.15) is 32.1 Å². The summed E-state index contributed by atoms with van der Waals surface area (Å²) in [5.74, 6) is 1.21. The highest BCUT2D eigenvalue weighted by molar-refractivity contribution is 5.80. The van der Waals surface area contributed by atoms with Crippen LogP contribution in [0, 0.1) is 11.8 Å². The molecule has 1 aliphatic carbocycles. The van der Waals surface area contributed by atoms with Crippen LogP contribution in [0.15, 0.2) is 30.3 Å². The molecule has 138 valence electrons. The Balaban J connectivity index is 1.41. The average molecular weight is 347 g/mol. The summed E-state index contributed by atoms with van der Waals surface area (Å²) >= 11 is 0. The van der Waals surface area contributed by atoms with E-state index in [1.54, 1.807) is 0 Å². The molecule has 3 atom stereocenters. The predicted molar refractivity (Wildman–Crippen MR) is 95.9 cm³/mol. The second-order valence-corrected chi connectivity index (χ2v) is 7.08. The van der Waals surface area contributed by atoms with Crippen molar-refractivity contribution < 1.29 is 14.6 Å². The Morgan fingerprint density at radius 1 is 1.24 bits per heavy atom. The molecule has 3 rings (SSSR count). The lowest BCUT2D eigenvalue weighted by Gasteiger charge is -2.30. The van der Waals surface area contributed by atoms with Crippen molar-refractivity contribution in [1.82, 2.24) is 16.2 Å². The van der Waals surface area contributed by atoms with E-state index in [4.69, 9.17) is 4.74 Å². The molecule has 1 saturated heterocycles. The number of carbonyl (C=O) groups excluding carboxylic acids is 1. The van der Waals surface area contributed by atoms with E-state index in [1.165, 1.54) is 32.1 Å². The van der Waals surface area contributed by atoms with Crippen molar-refractivity contribution >= 4 is 5.91 Å². The van der Waals surface area contributed by atoms with Crippen LogP contribution in [0.3, 0.4) is 0 Å². The number of hydrazine groups is 1. The average Bonchev–Trinajstić information content (AvgIpc) is 3.16. The Kier molecular flexibility index (Phi) is 6.67. The number of aliphatic hydroxyl groups is 1. The quantitative estimate of drug-likeness (QED) is 0.596. The van der Waals surface area contributed by atoms with Gasteiger partial charge in [0.15, 0.2) is 0 Å². The highest BCUT2D eigenvalue weighted by Gasteiger charge is 2.38. The number of rotatable bonds is 7. The molecule has 6 nitrogen and oxygen atoms in total. The van der Waals surface area contributed by atoms with Crippen LogP contribution in [0.25, 0.3) is 0 Å². The van der Waals surface area contributed by atoms with Gasteiger partial charge in [-0.2, -0.15) is 0 Å². The van der Waals surface area contributed by atoms with Gasteiger partial charge >= 0.3 is 0 Å². The fourth-order valence-corrected chi connectivity index (χ4v) is 3.83. The number of benzene rings is 1. The number of amides is 1. The minimum atomic E-state index is -0.723. The smallest absolute Gasteiger partial charge is 0.226 e. The minimum absolute atomic E-state index is 0.00633. The molecule has 25 heavy (non-hydrogen) atoms. The van der Waals surface area contributed by atoms with Crippen molar-refractivity contribution in [2.24, 2.45) is 11.8 Å². The van der Waals surface area contributed by atoms with Crippen molar-refractivity contribution in [2.75, 3.05) is 19.7 Å². The molecule has 3 unspecified atom stereocenters. The third-order valence-corrected chi connectivity index (χ3v) is 5.22. The van der Waals surface area contributed by atoms with Crippen LogP contribution in [-0.4, -0.2) is 42.9 Å². The van der Waals surface area contributed by atoms with Gasteiger partial charge < -0.3 is 15.2 Å². The lowest BCUT2D eigenvalue weighted by atomic mass is 9.79.